The maximum absolute atomic E-state index is 9.89. The number of hydrogen-bond donors (Lipinski definition) is 4. The maximum atomic E-state index is 9.89. The van der Waals surface area contributed by atoms with Crippen LogP contribution in [0.15, 0.2) is 0 Å². The van der Waals surface area contributed by atoms with Gasteiger partial charge in [-0.3, -0.25) is 0 Å². The Hall–Kier alpha value is -0.240. The summed E-state index contributed by atoms with van der Waals surface area (Å²) in [6.07, 6.45) is 1.47. The van der Waals surface area contributed by atoms with E-state index in [4.69, 9.17) is 14.6 Å². The van der Waals surface area contributed by atoms with Crippen LogP contribution in [0.2, 0.25) is 0 Å². The number of aliphatic hydroxyl groups is 4. The summed E-state index contributed by atoms with van der Waals surface area (Å²) in [5, 5.41) is 38.4. The van der Waals surface area contributed by atoms with Crippen molar-refractivity contribution in [2.24, 2.45) is 11.8 Å². The molecule has 6 nitrogen and oxygen atoms in total. The van der Waals surface area contributed by atoms with Crippen molar-refractivity contribution in [2.45, 2.75) is 76.2 Å². The molecule has 2 fully saturated rings. The van der Waals surface area contributed by atoms with Crippen molar-refractivity contribution >= 4 is 0 Å². The van der Waals surface area contributed by atoms with Crippen LogP contribution in [-0.2, 0) is 9.47 Å². The first-order valence-corrected chi connectivity index (χ1v) is 8.46. The molecule has 6 heteroatoms. The summed E-state index contributed by atoms with van der Waals surface area (Å²) in [6, 6.07) is 0. The molecule has 1 heterocycles. The van der Waals surface area contributed by atoms with Crippen molar-refractivity contribution in [1.82, 2.24) is 0 Å². The summed E-state index contributed by atoms with van der Waals surface area (Å²) in [6.45, 7) is 2.23. The molecular formula is C16H30O6. The Morgan fingerprint density at radius 2 is 1.73 bits per heavy atom. The van der Waals surface area contributed by atoms with Gasteiger partial charge in [0.1, 0.15) is 24.4 Å². The molecule has 0 aromatic heterocycles. The van der Waals surface area contributed by atoms with Gasteiger partial charge in [-0.05, 0) is 18.3 Å². The van der Waals surface area contributed by atoms with Crippen molar-refractivity contribution in [3.8, 4) is 0 Å². The molecule has 0 spiro atoms. The number of aliphatic hydroxyl groups excluding tert-OH is 4. The van der Waals surface area contributed by atoms with Crippen LogP contribution in [0.1, 0.15) is 45.4 Å². The standard InChI is InChI=1S/C16H30O6/c1-10(11-5-3-2-4-6-11)7-8-21-16-15(20)14(19)13(18)12(9-17)22-16/h10-20H,2-9H2,1H3/t10?,12-,13-,14+,15-,16-/m1/s1. The first kappa shape index (κ1) is 18.1. The van der Waals surface area contributed by atoms with Crippen LogP contribution in [-0.4, -0.2) is 64.3 Å². The highest BCUT2D eigenvalue weighted by Crippen LogP contribution is 2.31. The molecule has 0 aromatic carbocycles. The van der Waals surface area contributed by atoms with Gasteiger partial charge in [0.2, 0.25) is 0 Å². The minimum Gasteiger partial charge on any atom is -0.394 e. The fraction of sp³-hybridized carbons (Fsp3) is 1.00. The minimum atomic E-state index is -1.37. The van der Waals surface area contributed by atoms with E-state index in [0.717, 1.165) is 12.3 Å². The van der Waals surface area contributed by atoms with E-state index in [1.807, 2.05) is 0 Å². The third kappa shape index (κ3) is 4.40. The molecule has 0 aromatic rings. The lowest BCUT2D eigenvalue weighted by atomic mass is 9.80. The van der Waals surface area contributed by atoms with Crippen LogP contribution >= 0.6 is 0 Å². The van der Waals surface area contributed by atoms with E-state index in [1.54, 1.807) is 0 Å². The van der Waals surface area contributed by atoms with Crippen molar-refractivity contribution in [2.75, 3.05) is 13.2 Å². The molecule has 0 radical (unpaired) electrons. The zero-order valence-corrected chi connectivity index (χ0v) is 13.3. The summed E-state index contributed by atoms with van der Waals surface area (Å²) in [7, 11) is 0. The Bertz CT molecular complexity index is 318. The Labute approximate surface area is 132 Å². The van der Waals surface area contributed by atoms with Crippen molar-refractivity contribution in [3.05, 3.63) is 0 Å². The van der Waals surface area contributed by atoms with Gasteiger partial charge < -0.3 is 29.9 Å². The van der Waals surface area contributed by atoms with Crippen LogP contribution in [0.3, 0.4) is 0 Å². The molecule has 1 saturated heterocycles. The Kier molecular flexibility index (Phi) is 7.05. The van der Waals surface area contributed by atoms with Gasteiger partial charge in [-0.2, -0.15) is 0 Å². The molecule has 0 amide bonds. The Balaban J connectivity index is 1.75. The van der Waals surface area contributed by atoms with Gasteiger partial charge in [-0.1, -0.05) is 39.0 Å². The fourth-order valence-electron chi connectivity index (χ4n) is 3.51. The molecule has 1 aliphatic heterocycles. The second-order valence-electron chi connectivity index (χ2n) is 6.73. The van der Waals surface area contributed by atoms with E-state index < -0.39 is 37.3 Å². The molecule has 1 aliphatic carbocycles. The summed E-state index contributed by atoms with van der Waals surface area (Å²) >= 11 is 0. The predicted molar refractivity (Wildman–Crippen MR) is 80.1 cm³/mol. The van der Waals surface area contributed by atoms with Gasteiger partial charge >= 0.3 is 0 Å². The molecule has 2 rings (SSSR count). The lowest BCUT2D eigenvalue weighted by molar-refractivity contribution is -0.301. The average Bonchev–Trinajstić information content (AvgIpc) is 2.55. The van der Waals surface area contributed by atoms with Crippen LogP contribution in [0.5, 0.6) is 0 Å². The van der Waals surface area contributed by atoms with E-state index in [2.05, 4.69) is 6.92 Å². The molecular weight excluding hydrogens is 288 g/mol. The number of ether oxygens (including phenoxy) is 2. The number of rotatable bonds is 6. The van der Waals surface area contributed by atoms with Crippen LogP contribution in [0.25, 0.3) is 0 Å². The quantitative estimate of drug-likeness (QED) is 0.566. The van der Waals surface area contributed by atoms with Crippen molar-refractivity contribution in [1.29, 1.82) is 0 Å². The minimum absolute atomic E-state index is 0.427. The van der Waals surface area contributed by atoms with Crippen molar-refractivity contribution < 1.29 is 29.9 Å². The largest absolute Gasteiger partial charge is 0.394 e. The molecule has 1 unspecified atom stereocenters. The fourth-order valence-corrected chi connectivity index (χ4v) is 3.51. The van der Waals surface area contributed by atoms with E-state index in [-0.39, 0.29) is 0 Å². The van der Waals surface area contributed by atoms with Crippen LogP contribution in [0, 0.1) is 11.8 Å². The summed E-state index contributed by atoms with van der Waals surface area (Å²) in [4.78, 5) is 0. The zero-order chi connectivity index (χ0) is 16.1. The Morgan fingerprint density at radius 1 is 1.05 bits per heavy atom. The van der Waals surface area contributed by atoms with Gasteiger partial charge in [0.25, 0.3) is 0 Å². The lowest BCUT2D eigenvalue weighted by Crippen LogP contribution is -2.59. The second kappa shape index (κ2) is 8.57. The van der Waals surface area contributed by atoms with Gasteiger partial charge in [-0.25, -0.2) is 0 Å². The molecule has 0 bridgehead atoms. The van der Waals surface area contributed by atoms with Gasteiger partial charge in [0.05, 0.1) is 13.2 Å². The smallest absolute Gasteiger partial charge is 0.186 e. The molecule has 6 atom stereocenters. The molecule has 4 N–H and O–H groups in total. The summed E-state index contributed by atoms with van der Waals surface area (Å²) < 4.78 is 10.9. The van der Waals surface area contributed by atoms with E-state index in [1.165, 1.54) is 32.1 Å². The van der Waals surface area contributed by atoms with Gasteiger partial charge in [0.15, 0.2) is 6.29 Å². The third-order valence-electron chi connectivity index (χ3n) is 5.16. The normalized spacial score (nSPS) is 38.9. The van der Waals surface area contributed by atoms with Gasteiger partial charge in [0, 0.05) is 0 Å². The highest BCUT2D eigenvalue weighted by Gasteiger charge is 2.43. The summed E-state index contributed by atoms with van der Waals surface area (Å²) in [5.41, 5.74) is 0. The second-order valence-corrected chi connectivity index (χ2v) is 6.73. The van der Waals surface area contributed by atoms with Crippen LogP contribution < -0.4 is 0 Å². The topological polar surface area (TPSA) is 99.4 Å². The first-order chi connectivity index (χ1) is 10.5. The maximum Gasteiger partial charge on any atom is 0.186 e. The SMILES string of the molecule is CC(CCO[C@@H]1O[C@H](CO)[C@@H](O)[C@H](O)[C@H]1O)C1CCCCC1. The average molecular weight is 318 g/mol. The number of hydrogen-bond acceptors (Lipinski definition) is 6. The highest BCUT2D eigenvalue weighted by atomic mass is 16.7. The van der Waals surface area contributed by atoms with Crippen LogP contribution in [0.4, 0.5) is 0 Å². The van der Waals surface area contributed by atoms with Crippen molar-refractivity contribution in [3.63, 3.8) is 0 Å². The predicted octanol–water partition coefficient (Wildman–Crippen LogP) is 0.409. The molecule has 22 heavy (non-hydrogen) atoms. The van der Waals surface area contributed by atoms with E-state index in [9.17, 15) is 15.3 Å². The first-order valence-electron chi connectivity index (χ1n) is 8.46. The highest BCUT2D eigenvalue weighted by molar-refractivity contribution is 4.88. The molecule has 1 saturated carbocycles. The zero-order valence-electron chi connectivity index (χ0n) is 13.3. The van der Waals surface area contributed by atoms with Gasteiger partial charge in [-0.15, -0.1) is 0 Å². The van der Waals surface area contributed by atoms with E-state index in [0.29, 0.717) is 12.5 Å². The van der Waals surface area contributed by atoms with E-state index >= 15 is 0 Å². The molecule has 130 valence electrons. The monoisotopic (exact) mass is 318 g/mol. The molecule has 2 aliphatic rings. The third-order valence-corrected chi connectivity index (χ3v) is 5.16. The summed E-state index contributed by atoms with van der Waals surface area (Å²) in [5.74, 6) is 1.30. The lowest BCUT2D eigenvalue weighted by Gasteiger charge is -2.39. The Morgan fingerprint density at radius 3 is 2.36 bits per heavy atom.